The van der Waals surface area contributed by atoms with Crippen LogP contribution in [0.2, 0.25) is 5.28 Å². The van der Waals surface area contributed by atoms with E-state index in [4.69, 9.17) is 16.0 Å². The number of aryl methyl sites for hydroxylation is 1. The molecule has 0 aliphatic carbocycles. The van der Waals surface area contributed by atoms with Gasteiger partial charge in [0.1, 0.15) is 15.9 Å². The van der Waals surface area contributed by atoms with Crippen LogP contribution in [0.25, 0.3) is 5.52 Å². The van der Waals surface area contributed by atoms with Crippen LogP contribution in [0, 0.1) is 0 Å². The molecule has 0 fully saturated rings. The summed E-state index contributed by atoms with van der Waals surface area (Å²) in [5.74, 6) is 1.39. The van der Waals surface area contributed by atoms with Gasteiger partial charge in [-0.2, -0.15) is 4.98 Å². The van der Waals surface area contributed by atoms with Gasteiger partial charge in [-0.05, 0) is 64.1 Å². The molecule has 0 saturated carbocycles. The van der Waals surface area contributed by atoms with E-state index in [9.17, 15) is 4.39 Å². The summed E-state index contributed by atoms with van der Waals surface area (Å²) >= 11 is 9.47. The second kappa shape index (κ2) is 6.66. The van der Waals surface area contributed by atoms with Crippen LogP contribution < -0.4 is 5.32 Å². The zero-order valence-corrected chi connectivity index (χ0v) is 13.9. The lowest BCUT2D eigenvalue weighted by atomic mass is 10.2. The van der Waals surface area contributed by atoms with Crippen molar-refractivity contribution >= 4 is 38.9 Å². The summed E-state index contributed by atoms with van der Waals surface area (Å²) in [7, 11) is 0. The summed E-state index contributed by atoms with van der Waals surface area (Å²) in [6.07, 6.45) is 2.70. The van der Waals surface area contributed by atoms with Crippen LogP contribution in [0.1, 0.15) is 17.7 Å². The van der Waals surface area contributed by atoms with Crippen molar-refractivity contribution in [1.29, 1.82) is 0 Å². The van der Waals surface area contributed by atoms with Crippen molar-refractivity contribution in [2.24, 2.45) is 0 Å². The topological polar surface area (TPSA) is 55.4 Å². The van der Waals surface area contributed by atoms with Crippen molar-refractivity contribution in [3.05, 3.63) is 45.7 Å². The van der Waals surface area contributed by atoms with Crippen LogP contribution in [-0.4, -0.2) is 21.3 Å². The van der Waals surface area contributed by atoms with Crippen molar-refractivity contribution in [3.63, 3.8) is 0 Å². The minimum absolute atomic E-state index is 0.128. The molecule has 0 amide bonds. The summed E-state index contributed by atoms with van der Waals surface area (Å²) in [5.41, 5.74) is 1.74. The third kappa shape index (κ3) is 3.10. The van der Waals surface area contributed by atoms with Crippen molar-refractivity contribution in [2.45, 2.75) is 19.4 Å². The van der Waals surface area contributed by atoms with Crippen LogP contribution in [0.4, 0.5) is 10.2 Å². The molecule has 0 aliphatic rings. The van der Waals surface area contributed by atoms with E-state index in [1.807, 2.05) is 18.2 Å². The summed E-state index contributed by atoms with van der Waals surface area (Å²) < 4.78 is 20.1. The highest BCUT2D eigenvalue weighted by Gasteiger charge is 2.14. The lowest BCUT2D eigenvalue weighted by molar-refractivity contribution is 0.472. The Hall–Kier alpha value is -1.60. The van der Waals surface area contributed by atoms with Crippen LogP contribution >= 0.6 is 27.5 Å². The van der Waals surface area contributed by atoms with Gasteiger partial charge in [0.2, 0.25) is 5.28 Å². The second-order valence-electron chi connectivity index (χ2n) is 4.71. The Morgan fingerprint density at radius 2 is 2.32 bits per heavy atom. The average molecular weight is 388 g/mol. The van der Waals surface area contributed by atoms with E-state index >= 15 is 0 Å². The van der Waals surface area contributed by atoms with E-state index in [-0.39, 0.29) is 12.0 Å². The standard InChI is InChI=1S/C14H13BrClFN4O/c15-12-9(3-1-5-17)7-11-13(19-14(16)20-21(11)12)18-8-10-4-2-6-22-10/h2,4,6-7H,1,3,5,8H2,(H,18,19,20). The van der Waals surface area contributed by atoms with E-state index in [0.717, 1.165) is 21.4 Å². The molecule has 116 valence electrons. The highest BCUT2D eigenvalue weighted by atomic mass is 79.9. The monoisotopic (exact) mass is 386 g/mol. The molecule has 0 saturated heterocycles. The normalized spacial score (nSPS) is 11.2. The largest absolute Gasteiger partial charge is 0.467 e. The molecule has 3 aromatic rings. The molecule has 0 bridgehead atoms. The van der Waals surface area contributed by atoms with Gasteiger partial charge in [0, 0.05) is 0 Å². The van der Waals surface area contributed by atoms with Crippen molar-refractivity contribution in [3.8, 4) is 0 Å². The number of nitrogens with one attached hydrogen (secondary N) is 1. The molecule has 0 unspecified atom stereocenters. The highest BCUT2D eigenvalue weighted by molar-refractivity contribution is 9.10. The summed E-state index contributed by atoms with van der Waals surface area (Å²) in [6, 6.07) is 5.62. The van der Waals surface area contributed by atoms with Gasteiger partial charge in [0.25, 0.3) is 0 Å². The highest BCUT2D eigenvalue weighted by Crippen LogP contribution is 2.27. The summed E-state index contributed by atoms with van der Waals surface area (Å²) in [4.78, 5) is 4.22. The zero-order valence-electron chi connectivity index (χ0n) is 11.5. The molecular weight excluding hydrogens is 375 g/mol. The first-order valence-corrected chi connectivity index (χ1v) is 7.92. The number of fused-ring (bicyclic) bond motifs is 1. The van der Waals surface area contributed by atoms with Gasteiger partial charge in [-0.25, -0.2) is 4.52 Å². The second-order valence-corrected chi connectivity index (χ2v) is 5.80. The number of furan rings is 1. The maximum absolute atomic E-state index is 12.4. The molecule has 1 N–H and O–H groups in total. The Balaban J connectivity index is 1.94. The van der Waals surface area contributed by atoms with Crippen molar-refractivity contribution < 1.29 is 8.81 Å². The predicted octanol–water partition coefficient (Wildman–Crippen LogP) is 4.25. The summed E-state index contributed by atoms with van der Waals surface area (Å²) in [5, 5.41) is 7.49. The number of hydrogen-bond acceptors (Lipinski definition) is 4. The maximum atomic E-state index is 12.4. The third-order valence-electron chi connectivity index (χ3n) is 3.21. The maximum Gasteiger partial charge on any atom is 0.243 e. The van der Waals surface area contributed by atoms with Gasteiger partial charge in [-0.3, -0.25) is 4.39 Å². The Morgan fingerprint density at radius 1 is 1.45 bits per heavy atom. The Morgan fingerprint density at radius 3 is 3.05 bits per heavy atom. The molecular formula is C14H13BrClFN4O. The van der Waals surface area contributed by atoms with E-state index in [1.165, 1.54) is 0 Å². The Kier molecular flexibility index (Phi) is 4.63. The minimum Gasteiger partial charge on any atom is -0.467 e. The number of anilines is 1. The number of alkyl halides is 1. The Labute approximate surface area is 139 Å². The molecule has 0 radical (unpaired) electrons. The molecule has 3 heterocycles. The number of hydrogen-bond donors (Lipinski definition) is 1. The number of aromatic nitrogens is 3. The van der Waals surface area contributed by atoms with Gasteiger partial charge in [0.15, 0.2) is 5.82 Å². The van der Waals surface area contributed by atoms with E-state index in [1.54, 1.807) is 10.8 Å². The first kappa shape index (κ1) is 15.3. The van der Waals surface area contributed by atoms with Crippen LogP contribution in [-0.2, 0) is 13.0 Å². The number of halogens is 3. The number of rotatable bonds is 6. The van der Waals surface area contributed by atoms with Gasteiger partial charge in [-0.1, -0.05) is 0 Å². The molecule has 22 heavy (non-hydrogen) atoms. The van der Waals surface area contributed by atoms with E-state index in [0.29, 0.717) is 25.2 Å². The van der Waals surface area contributed by atoms with E-state index in [2.05, 4.69) is 31.3 Å². The molecule has 3 aromatic heterocycles. The SMILES string of the molecule is FCCCc1cc2c(NCc3ccco3)nc(Cl)nn2c1Br. The molecule has 0 aromatic carbocycles. The van der Waals surface area contributed by atoms with Gasteiger partial charge in [-0.15, -0.1) is 5.10 Å². The van der Waals surface area contributed by atoms with Crippen LogP contribution in [0.3, 0.4) is 0 Å². The fourth-order valence-electron chi connectivity index (χ4n) is 2.20. The molecule has 0 aliphatic heterocycles. The number of nitrogens with zero attached hydrogens (tertiary/aromatic N) is 3. The smallest absolute Gasteiger partial charge is 0.243 e. The fourth-order valence-corrected chi connectivity index (χ4v) is 2.94. The van der Waals surface area contributed by atoms with E-state index < -0.39 is 0 Å². The fraction of sp³-hybridized carbons (Fsp3) is 0.286. The van der Waals surface area contributed by atoms with Crippen LogP contribution in [0.15, 0.2) is 33.5 Å². The van der Waals surface area contributed by atoms with Gasteiger partial charge < -0.3 is 9.73 Å². The van der Waals surface area contributed by atoms with Gasteiger partial charge >= 0.3 is 0 Å². The van der Waals surface area contributed by atoms with Gasteiger partial charge in [0.05, 0.1) is 19.5 Å². The first-order chi connectivity index (χ1) is 10.7. The van der Waals surface area contributed by atoms with Crippen LogP contribution in [0.5, 0.6) is 0 Å². The quantitative estimate of drug-likeness (QED) is 0.687. The molecule has 8 heteroatoms. The average Bonchev–Trinajstić information content (AvgIpc) is 3.12. The third-order valence-corrected chi connectivity index (χ3v) is 4.21. The Bertz CT molecular complexity index is 775. The molecule has 3 rings (SSSR count). The predicted molar refractivity (Wildman–Crippen MR) is 86.0 cm³/mol. The molecule has 0 spiro atoms. The summed E-state index contributed by atoms with van der Waals surface area (Å²) in [6.45, 7) is 0.132. The molecule has 0 atom stereocenters. The van der Waals surface area contributed by atoms with Crippen molar-refractivity contribution in [2.75, 3.05) is 12.0 Å². The first-order valence-electron chi connectivity index (χ1n) is 6.75. The zero-order chi connectivity index (χ0) is 15.5. The lowest BCUT2D eigenvalue weighted by Crippen LogP contribution is -2.05. The lowest BCUT2D eigenvalue weighted by Gasteiger charge is -2.06. The van der Waals surface area contributed by atoms with Crippen molar-refractivity contribution in [1.82, 2.24) is 14.6 Å². The molecule has 5 nitrogen and oxygen atoms in total. The minimum atomic E-state index is -0.353.